The lowest BCUT2D eigenvalue weighted by molar-refractivity contribution is 0.259. The maximum atomic E-state index is 12.1. The molecule has 1 aromatic heterocycles. The number of aliphatic hydroxyl groups excluding tert-OH is 1. The lowest BCUT2D eigenvalue weighted by atomic mass is 10.1. The molecule has 19 heavy (non-hydrogen) atoms. The van der Waals surface area contributed by atoms with Crippen LogP contribution in [0.3, 0.4) is 0 Å². The van der Waals surface area contributed by atoms with E-state index < -0.39 is 16.1 Å². The van der Waals surface area contributed by atoms with Crippen molar-refractivity contribution in [3.05, 3.63) is 48.3 Å². The van der Waals surface area contributed by atoms with E-state index in [9.17, 15) is 13.5 Å². The Bertz CT molecular complexity index is 637. The molecule has 1 atom stereocenters. The Morgan fingerprint density at radius 2 is 2.05 bits per heavy atom. The average Bonchev–Trinajstić information content (AvgIpc) is 2.85. The van der Waals surface area contributed by atoms with Crippen molar-refractivity contribution in [2.75, 3.05) is 6.61 Å². The van der Waals surface area contributed by atoms with Gasteiger partial charge >= 0.3 is 0 Å². The molecule has 0 unspecified atom stereocenters. The monoisotopic (exact) mass is 281 g/mol. The molecule has 0 aliphatic rings. The van der Waals surface area contributed by atoms with Gasteiger partial charge in [-0.25, -0.2) is 13.1 Å². The summed E-state index contributed by atoms with van der Waals surface area (Å²) in [7, 11) is -2.05. The summed E-state index contributed by atoms with van der Waals surface area (Å²) in [6, 6.07) is 8.24. The van der Waals surface area contributed by atoms with Crippen LogP contribution >= 0.6 is 0 Å². The van der Waals surface area contributed by atoms with Gasteiger partial charge in [0.15, 0.2) is 0 Å². The highest BCUT2D eigenvalue weighted by Gasteiger charge is 2.21. The Morgan fingerprint density at radius 3 is 2.58 bits per heavy atom. The van der Waals surface area contributed by atoms with Gasteiger partial charge < -0.3 is 5.11 Å². The molecular weight excluding hydrogens is 266 g/mol. The number of aromatic nitrogens is 2. The van der Waals surface area contributed by atoms with Crippen LogP contribution in [0.15, 0.2) is 47.6 Å². The van der Waals surface area contributed by atoms with Gasteiger partial charge in [-0.1, -0.05) is 30.3 Å². The van der Waals surface area contributed by atoms with Gasteiger partial charge in [0.05, 0.1) is 18.8 Å². The van der Waals surface area contributed by atoms with Crippen LogP contribution in [-0.4, -0.2) is 29.9 Å². The zero-order chi connectivity index (χ0) is 13.9. The Labute approximate surface area is 111 Å². The largest absolute Gasteiger partial charge is 0.394 e. The fraction of sp³-hybridized carbons (Fsp3) is 0.250. The number of rotatable bonds is 5. The molecule has 0 amide bonds. The van der Waals surface area contributed by atoms with Crippen molar-refractivity contribution in [1.82, 2.24) is 14.5 Å². The molecule has 0 saturated carbocycles. The summed E-state index contributed by atoms with van der Waals surface area (Å²) in [5, 5.41) is 13.2. The van der Waals surface area contributed by atoms with Crippen LogP contribution in [0.25, 0.3) is 0 Å². The molecule has 102 valence electrons. The number of nitrogens with one attached hydrogen (secondary N) is 1. The number of hydrogen-bond acceptors (Lipinski definition) is 4. The van der Waals surface area contributed by atoms with Crippen LogP contribution in [0.1, 0.15) is 11.6 Å². The van der Waals surface area contributed by atoms with Gasteiger partial charge in [0.25, 0.3) is 0 Å². The fourth-order valence-corrected chi connectivity index (χ4v) is 2.89. The first-order valence-corrected chi connectivity index (χ1v) is 7.18. The predicted octanol–water partition coefficient (Wildman–Crippen LogP) is 0.432. The third-order valence-corrected chi connectivity index (χ3v) is 4.10. The summed E-state index contributed by atoms with van der Waals surface area (Å²) in [6.45, 7) is -0.316. The average molecular weight is 281 g/mol. The molecule has 0 aliphatic carbocycles. The first-order chi connectivity index (χ1) is 9.03. The minimum Gasteiger partial charge on any atom is -0.394 e. The Morgan fingerprint density at radius 1 is 1.37 bits per heavy atom. The van der Waals surface area contributed by atoms with Crippen LogP contribution in [0, 0.1) is 0 Å². The standard InChI is InChI=1S/C12H15N3O3S/c1-15-8-11(7-13-15)19(17,18)14-12(9-16)10-5-3-2-4-6-10/h2-8,12,14,16H,9H2,1H3/t12-/m0/s1. The zero-order valence-electron chi connectivity index (χ0n) is 10.4. The molecule has 0 fully saturated rings. The lowest BCUT2D eigenvalue weighted by Gasteiger charge is -2.16. The maximum absolute atomic E-state index is 12.1. The Hall–Kier alpha value is -1.70. The molecular formula is C12H15N3O3S. The van der Waals surface area contributed by atoms with Crippen molar-refractivity contribution in [1.29, 1.82) is 0 Å². The highest BCUT2D eigenvalue weighted by molar-refractivity contribution is 7.89. The van der Waals surface area contributed by atoms with E-state index in [0.29, 0.717) is 5.56 Å². The molecule has 0 aliphatic heterocycles. The molecule has 2 aromatic rings. The summed E-state index contributed by atoms with van der Waals surface area (Å²) in [5.41, 5.74) is 0.706. The normalized spacial score (nSPS) is 13.4. The molecule has 2 N–H and O–H groups in total. The quantitative estimate of drug-likeness (QED) is 0.832. The van der Waals surface area contributed by atoms with E-state index in [0.717, 1.165) is 0 Å². The highest BCUT2D eigenvalue weighted by atomic mass is 32.2. The number of aliphatic hydroxyl groups is 1. The van der Waals surface area contributed by atoms with E-state index in [1.807, 2.05) is 6.07 Å². The van der Waals surface area contributed by atoms with Gasteiger partial charge in [-0.2, -0.15) is 5.10 Å². The molecule has 6 nitrogen and oxygen atoms in total. The van der Waals surface area contributed by atoms with E-state index in [1.165, 1.54) is 17.1 Å². The van der Waals surface area contributed by atoms with Gasteiger partial charge in [-0.15, -0.1) is 0 Å². The van der Waals surface area contributed by atoms with Crippen LogP contribution < -0.4 is 4.72 Å². The van der Waals surface area contributed by atoms with Gasteiger partial charge in [-0.3, -0.25) is 4.68 Å². The molecule has 1 aromatic carbocycles. The topological polar surface area (TPSA) is 84.2 Å². The summed E-state index contributed by atoms with van der Waals surface area (Å²) >= 11 is 0. The molecule has 7 heteroatoms. The predicted molar refractivity (Wildman–Crippen MR) is 69.8 cm³/mol. The third-order valence-electron chi connectivity index (χ3n) is 2.67. The molecule has 1 heterocycles. The van der Waals surface area contributed by atoms with Gasteiger partial charge in [-0.05, 0) is 5.56 Å². The second-order valence-electron chi connectivity index (χ2n) is 4.12. The molecule has 0 radical (unpaired) electrons. The molecule has 0 bridgehead atoms. The summed E-state index contributed by atoms with van der Waals surface area (Å²) in [5.74, 6) is 0. The van der Waals surface area contributed by atoms with Crippen molar-refractivity contribution in [3.8, 4) is 0 Å². The van der Waals surface area contributed by atoms with Crippen LogP contribution in [0.2, 0.25) is 0 Å². The van der Waals surface area contributed by atoms with E-state index in [1.54, 1.807) is 31.3 Å². The van der Waals surface area contributed by atoms with Crippen molar-refractivity contribution in [3.63, 3.8) is 0 Å². The van der Waals surface area contributed by atoms with Crippen molar-refractivity contribution in [2.24, 2.45) is 7.05 Å². The number of sulfonamides is 1. The summed E-state index contributed by atoms with van der Waals surface area (Å²) in [6.07, 6.45) is 2.67. The van der Waals surface area contributed by atoms with E-state index >= 15 is 0 Å². The van der Waals surface area contributed by atoms with E-state index in [4.69, 9.17) is 0 Å². The number of hydrogen-bond donors (Lipinski definition) is 2. The smallest absolute Gasteiger partial charge is 0.244 e. The highest BCUT2D eigenvalue weighted by Crippen LogP contribution is 2.16. The lowest BCUT2D eigenvalue weighted by Crippen LogP contribution is -2.30. The first-order valence-electron chi connectivity index (χ1n) is 5.70. The van der Waals surface area contributed by atoms with E-state index in [-0.39, 0.29) is 11.5 Å². The SMILES string of the molecule is Cn1cc(S(=O)(=O)N[C@@H](CO)c2ccccc2)cn1. The second-order valence-corrected chi connectivity index (χ2v) is 5.83. The van der Waals surface area contributed by atoms with Crippen LogP contribution in [0.4, 0.5) is 0 Å². The molecule has 0 saturated heterocycles. The van der Waals surface area contributed by atoms with Crippen molar-refractivity contribution < 1.29 is 13.5 Å². The van der Waals surface area contributed by atoms with Gasteiger partial charge in [0, 0.05) is 13.2 Å². The molecule has 2 rings (SSSR count). The summed E-state index contributed by atoms with van der Waals surface area (Å²) in [4.78, 5) is 0.0735. The summed E-state index contributed by atoms with van der Waals surface area (Å²) < 4.78 is 28.1. The van der Waals surface area contributed by atoms with Crippen LogP contribution in [0.5, 0.6) is 0 Å². The fourth-order valence-electron chi connectivity index (χ4n) is 1.69. The second kappa shape index (κ2) is 5.52. The minimum absolute atomic E-state index is 0.0735. The number of aryl methyl sites for hydroxylation is 1. The first kappa shape index (κ1) is 13.7. The maximum Gasteiger partial charge on any atom is 0.244 e. The van der Waals surface area contributed by atoms with Crippen molar-refractivity contribution >= 4 is 10.0 Å². The number of benzene rings is 1. The van der Waals surface area contributed by atoms with Gasteiger partial charge in [0.1, 0.15) is 4.90 Å². The number of nitrogens with zero attached hydrogens (tertiary/aromatic N) is 2. The zero-order valence-corrected chi connectivity index (χ0v) is 11.2. The minimum atomic E-state index is -3.69. The van der Waals surface area contributed by atoms with E-state index in [2.05, 4.69) is 9.82 Å². The van der Waals surface area contributed by atoms with Gasteiger partial charge in [0.2, 0.25) is 10.0 Å². The Kier molecular flexibility index (Phi) is 3.98. The van der Waals surface area contributed by atoms with Crippen molar-refractivity contribution in [2.45, 2.75) is 10.9 Å². The Balaban J connectivity index is 2.23. The third kappa shape index (κ3) is 3.19. The molecule has 0 spiro atoms. The van der Waals surface area contributed by atoms with Crippen LogP contribution in [-0.2, 0) is 17.1 Å².